The minimum absolute atomic E-state index is 0.0252. The Morgan fingerprint density at radius 2 is 1.95 bits per heavy atom. The van der Waals surface area contributed by atoms with Crippen LogP contribution in [-0.2, 0) is 19.1 Å². The summed E-state index contributed by atoms with van der Waals surface area (Å²) in [4.78, 5) is 23.1. The third-order valence-electron chi connectivity index (χ3n) is 6.66. The van der Waals surface area contributed by atoms with Crippen molar-refractivity contribution in [3.05, 3.63) is 81.6 Å². The minimum atomic E-state index is -4.78. The Bertz CT molecular complexity index is 1370. The van der Waals surface area contributed by atoms with Gasteiger partial charge >= 0.3 is 12.2 Å². The minimum Gasteiger partial charge on any atom is -0.333 e. The predicted molar refractivity (Wildman–Crippen MR) is 130 cm³/mol. The van der Waals surface area contributed by atoms with Gasteiger partial charge in [-0.25, -0.2) is 23.5 Å². The highest BCUT2D eigenvalue weighted by Gasteiger charge is 2.35. The lowest BCUT2D eigenvalue weighted by atomic mass is 9.94. The van der Waals surface area contributed by atoms with Gasteiger partial charge in [-0.05, 0) is 47.9 Å². The highest BCUT2D eigenvalue weighted by Crippen LogP contribution is 2.36. The number of urea groups is 1. The number of rotatable bonds is 4. The molecule has 38 heavy (non-hydrogen) atoms. The van der Waals surface area contributed by atoms with Crippen molar-refractivity contribution in [3.63, 3.8) is 0 Å². The van der Waals surface area contributed by atoms with Crippen molar-refractivity contribution in [2.75, 3.05) is 25.0 Å². The molecule has 0 spiro atoms. The molecule has 1 aromatic heterocycles. The van der Waals surface area contributed by atoms with Crippen LogP contribution in [0.3, 0.4) is 0 Å². The number of amides is 2. The lowest BCUT2D eigenvalue weighted by Gasteiger charge is -2.30. The number of benzene rings is 2. The van der Waals surface area contributed by atoms with Crippen LogP contribution in [0, 0.1) is 11.6 Å². The summed E-state index contributed by atoms with van der Waals surface area (Å²) in [5, 5.41) is 8.74. The van der Waals surface area contributed by atoms with Gasteiger partial charge in [-0.3, -0.25) is 0 Å². The fraction of sp³-hybridized carbons (Fsp3) is 0.320. The molecule has 2 atom stereocenters. The van der Waals surface area contributed by atoms with Crippen molar-refractivity contribution in [2.45, 2.75) is 31.1 Å². The summed E-state index contributed by atoms with van der Waals surface area (Å²) in [5.74, 6) is -1.80. The van der Waals surface area contributed by atoms with E-state index in [-0.39, 0.29) is 41.2 Å². The number of carbonyl (C=O) groups is 1. The van der Waals surface area contributed by atoms with Crippen molar-refractivity contribution in [2.24, 2.45) is 0 Å². The Morgan fingerprint density at radius 1 is 1.13 bits per heavy atom. The van der Waals surface area contributed by atoms with Crippen LogP contribution in [0.5, 0.6) is 0 Å². The van der Waals surface area contributed by atoms with E-state index in [4.69, 9.17) is 11.6 Å². The van der Waals surface area contributed by atoms with E-state index in [0.29, 0.717) is 43.4 Å². The average molecular weight is 553 g/mol. The number of alkyl halides is 3. The number of anilines is 2. The molecule has 200 valence electrons. The number of fused-ring (bicyclic) bond motifs is 1. The fourth-order valence-electron chi connectivity index (χ4n) is 4.69. The maximum atomic E-state index is 14.0. The molecule has 2 aromatic carbocycles. The summed E-state index contributed by atoms with van der Waals surface area (Å²) in [7, 11) is 0. The summed E-state index contributed by atoms with van der Waals surface area (Å²) in [6.07, 6.45) is -2.82. The number of hydrogen-bond acceptors (Lipinski definition) is 5. The predicted octanol–water partition coefficient (Wildman–Crippen LogP) is 4.99. The molecule has 13 heteroatoms. The zero-order chi connectivity index (χ0) is 27.0. The van der Waals surface area contributed by atoms with Crippen LogP contribution in [-0.4, -0.2) is 46.6 Å². The molecule has 3 N–H and O–H groups in total. The SMILES string of the molecule is O=C(NC1CNC[C@H]1c1ccc(Cl)c(F)c1)N1CCc2cnc(Nc3ccc(F)cc3C(F)(F)F)nc2C1. The second-order valence-corrected chi connectivity index (χ2v) is 9.55. The molecule has 7 nitrogen and oxygen atoms in total. The largest absolute Gasteiger partial charge is 0.418 e. The van der Waals surface area contributed by atoms with Gasteiger partial charge in [0.25, 0.3) is 0 Å². The number of carbonyl (C=O) groups excluding carboxylic acids is 1. The molecule has 0 bridgehead atoms. The highest BCUT2D eigenvalue weighted by atomic mass is 35.5. The maximum absolute atomic E-state index is 14.0. The zero-order valence-corrected chi connectivity index (χ0v) is 20.5. The van der Waals surface area contributed by atoms with Gasteiger partial charge < -0.3 is 20.9 Å². The third-order valence-corrected chi connectivity index (χ3v) is 6.97. The number of nitrogens with one attached hydrogen (secondary N) is 3. The van der Waals surface area contributed by atoms with E-state index in [9.17, 15) is 26.7 Å². The van der Waals surface area contributed by atoms with Crippen LogP contribution < -0.4 is 16.0 Å². The average Bonchev–Trinajstić information content (AvgIpc) is 3.33. The van der Waals surface area contributed by atoms with Gasteiger partial charge in [0.1, 0.15) is 11.6 Å². The van der Waals surface area contributed by atoms with Crippen molar-refractivity contribution in [1.29, 1.82) is 0 Å². The molecule has 1 saturated heterocycles. The summed E-state index contributed by atoms with van der Waals surface area (Å²) >= 11 is 5.79. The standard InChI is InChI=1S/C25H22ClF5N6O/c26-18-3-1-13(7-19(18)28)16-10-32-11-21(16)36-24(38)37-6-5-14-9-33-23(35-22(14)12-37)34-20-4-2-15(27)8-17(20)25(29,30)31/h1-4,7-9,16,21,32H,5-6,10-12H2,(H,36,38)(H,33,34,35)/t16-,21?/m0/s1. The summed E-state index contributed by atoms with van der Waals surface area (Å²) in [6, 6.07) is 6.24. The molecule has 2 amide bonds. The number of halogens is 6. The molecule has 1 unspecified atom stereocenters. The number of aromatic nitrogens is 2. The molecular weight excluding hydrogens is 531 g/mol. The lowest BCUT2D eigenvalue weighted by Crippen LogP contribution is -2.48. The van der Waals surface area contributed by atoms with Gasteiger partial charge in [-0.2, -0.15) is 13.2 Å². The van der Waals surface area contributed by atoms with Gasteiger partial charge in [0, 0.05) is 31.7 Å². The third kappa shape index (κ3) is 5.51. The maximum Gasteiger partial charge on any atom is 0.418 e. The number of nitrogens with zero attached hydrogens (tertiary/aromatic N) is 3. The normalized spacial score (nSPS) is 19.3. The first-order valence-electron chi connectivity index (χ1n) is 11.8. The zero-order valence-electron chi connectivity index (χ0n) is 19.7. The van der Waals surface area contributed by atoms with Crippen LogP contribution in [0.1, 0.15) is 28.3 Å². The van der Waals surface area contributed by atoms with Crippen LogP contribution in [0.15, 0.2) is 42.6 Å². The van der Waals surface area contributed by atoms with Gasteiger partial charge in [-0.1, -0.05) is 17.7 Å². The second kappa shape index (κ2) is 10.3. The Balaban J connectivity index is 1.28. The van der Waals surface area contributed by atoms with E-state index in [1.807, 2.05) is 0 Å². The molecule has 2 aliphatic heterocycles. The van der Waals surface area contributed by atoms with Crippen LogP contribution in [0.4, 0.5) is 38.4 Å². The first-order chi connectivity index (χ1) is 18.1. The first-order valence-corrected chi connectivity index (χ1v) is 12.2. The monoisotopic (exact) mass is 552 g/mol. The molecular formula is C25H22ClF5N6O. The Hall–Kier alpha value is -3.51. The van der Waals surface area contributed by atoms with E-state index in [1.54, 1.807) is 11.0 Å². The smallest absolute Gasteiger partial charge is 0.333 e. The van der Waals surface area contributed by atoms with E-state index < -0.39 is 23.4 Å². The summed E-state index contributed by atoms with van der Waals surface area (Å²) in [5.41, 5.74) is 0.406. The Kier molecular flexibility index (Phi) is 7.10. The molecule has 2 aliphatic rings. The Morgan fingerprint density at radius 3 is 2.71 bits per heavy atom. The molecule has 0 aliphatic carbocycles. The van der Waals surface area contributed by atoms with Crippen LogP contribution >= 0.6 is 11.6 Å². The van der Waals surface area contributed by atoms with Crippen molar-refractivity contribution in [3.8, 4) is 0 Å². The molecule has 5 rings (SSSR count). The molecule has 3 heterocycles. The van der Waals surface area contributed by atoms with E-state index in [1.165, 1.54) is 18.3 Å². The van der Waals surface area contributed by atoms with Gasteiger partial charge in [0.15, 0.2) is 0 Å². The molecule has 1 fully saturated rings. The van der Waals surface area contributed by atoms with Gasteiger partial charge in [0.05, 0.1) is 34.6 Å². The van der Waals surface area contributed by atoms with Crippen molar-refractivity contribution < 1.29 is 26.7 Å². The van der Waals surface area contributed by atoms with E-state index >= 15 is 0 Å². The van der Waals surface area contributed by atoms with Crippen molar-refractivity contribution >= 4 is 29.3 Å². The topological polar surface area (TPSA) is 82.2 Å². The van der Waals surface area contributed by atoms with Gasteiger partial charge in [-0.15, -0.1) is 0 Å². The second-order valence-electron chi connectivity index (χ2n) is 9.14. The molecule has 3 aromatic rings. The molecule has 0 radical (unpaired) electrons. The molecule has 0 saturated carbocycles. The summed E-state index contributed by atoms with van der Waals surface area (Å²) in [6.45, 7) is 1.57. The number of hydrogen-bond donors (Lipinski definition) is 3. The van der Waals surface area contributed by atoms with Crippen LogP contribution in [0.2, 0.25) is 5.02 Å². The van der Waals surface area contributed by atoms with Gasteiger partial charge in [0.2, 0.25) is 5.95 Å². The first kappa shape index (κ1) is 26.1. The summed E-state index contributed by atoms with van der Waals surface area (Å²) < 4.78 is 67.5. The quantitative estimate of drug-likeness (QED) is 0.397. The van der Waals surface area contributed by atoms with E-state index in [2.05, 4.69) is 25.9 Å². The van der Waals surface area contributed by atoms with E-state index in [0.717, 1.165) is 17.7 Å². The highest BCUT2D eigenvalue weighted by molar-refractivity contribution is 6.30. The van der Waals surface area contributed by atoms with Crippen molar-refractivity contribution in [1.82, 2.24) is 25.5 Å². The Labute approximate surface area is 219 Å². The lowest BCUT2D eigenvalue weighted by molar-refractivity contribution is -0.137. The van der Waals surface area contributed by atoms with Crippen LogP contribution in [0.25, 0.3) is 0 Å². The fourth-order valence-corrected chi connectivity index (χ4v) is 4.81.